The summed E-state index contributed by atoms with van der Waals surface area (Å²) in [6, 6.07) is 15.2. The van der Waals surface area contributed by atoms with E-state index in [0.717, 1.165) is 23.3 Å². The van der Waals surface area contributed by atoms with Crippen LogP contribution in [0.3, 0.4) is 0 Å². The fourth-order valence-electron chi connectivity index (χ4n) is 2.59. The molecule has 0 bridgehead atoms. The van der Waals surface area contributed by atoms with Crippen LogP contribution >= 0.6 is 0 Å². The first-order chi connectivity index (χ1) is 11.5. The van der Waals surface area contributed by atoms with Crippen LogP contribution in [-0.4, -0.2) is 32.1 Å². The third-order valence-electron chi connectivity index (χ3n) is 4.03. The molecule has 2 rings (SSSR count). The molecule has 0 heterocycles. The lowest BCUT2D eigenvalue weighted by Crippen LogP contribution is -2.47. The summed E-state index contributed by atoms with van der Waals surface area (Å²) in [4.78, 5) is 12.6. The van der Waals surface area contributed by atoms with Gasteiger partial charge in [-0.3, -0.25) is 4.79 Å². The molecule has 0 amide bonds. The van der Waals surface area contributed by atoms with E-state index in [-0.39, 0.29) is 5.78 Å². The Bertz CT molecular complexity index is 681. The molecule has 0 aliphatic carbocycles. The number of benzene rings is 2. The van der Waals surface area contributed by atoms with Gasteiger partial charge in [0.15, 0.2) is 17.3 Å². The Morgan fingerprint density at radius 2 is 1.67 bits per heavy atom. The highest BCUT2D eigenvalue weighted by Crippen LogP contribution is 2.27. The molecule has 0 aliphatic rings. The van der Waals surface area contributed by atoms with E-state index >= 15 is 0 Å². The van der Waals surface area contributed by atoms with E-state index < -0.39 is 5.54 Å². The Hall–Kier alpha value is -2.33. The number of nitrogens with one attached hydrogen (secondary N) is 1. The highest BCUT2D eigenvalue weighted by molar-refractivity contribution is 6.02. The van der Waals surface area contributed by atoms with Crippen molar-refractivity contribution in [1.82, 2.24) is 5.32 Å². The normalized spacial score (nSPS) is 11.2. The number of hydrogen-bond acceptors (Lipinski definition) is 4. The molecule has 0 fully saturated rings. The second-order valence-corrected chi connectivity index (χ2v) is 6.19. The third-order valence-corrected chi connectivity index (χ3v) is 4.03. The summed E-state index contributed by atoms with van der Waals surface area (Å²) >= 11 is 0. The molecule has 0 atom stereocenters. The van der Waals surface area contributed by atoms with Gasteiger partial charge in [0, 0.05) is 12.1 Å². The molecule has 4 nitrogen and oxygen atoms in total. The Labute approximate surface area is 143 Å². The molecule has 2 aromatic carbocycles. The quantitative estimate of drug-likeness (QED) is 0.754. The summed E-state index contributed by atoms with van der Waals surface area (Å²) < 4.78 is 10.6. The monoisotopic (exact) mass is 327 g/mol. The lowest BCUT2D eigenvalue weighted by atomic mass is 9.93. The molecule has 128 valence electrons. The summed E-state index contributed by atoms with van der Waals surface area (Å²) in [6.07, 6.45) is 0.797. The van der Waals surface area contributed by atoms with Crippen molar-refractivity contribution in [2.75, 3.05) is 20.8 Å². The van der Waals surface area contributed by atoms with Gasteiger partial charge < -0.3 is 14.8 Å². The van der Waals surface area contributed by atoms with Gasteiger partial charge in [0.25, 0.3) is 0 Å². The SMILES string of the molecule is COc1ccc(CCNC(C)(C)C(=O)c2ccccc2)cc1OC. The molecule has 0 radical (unpaired) electrons. The Kier molecular flexibility index (Phi) is 5.99. The lowest BCUT2D eigenvalue weighted by molar-refractivity contribution is 0.0883. The number of carbonyl (C=O) groups excluding carboxylic acids is 1. The zero-order valence-corrected chi connectivity index (χ0v) is 14.8. The van der Waals surface area contributed by atoms with Crippen LogP contribution in [0.2, 0.25) is 0 Å². The predicted octanol–water partition coefficient (Wildman–Crippen LogP) is 3.50. The van der Waals surface area contributed by atoms with E-state index in [1.807, 2.05) is 62.4 Å². The number of Topliss-reactive ketones (excluding diaryl/α,β-unsaturated/α-hetero) is 1. The van der Waals surface area contributed by atoms with Crippen molar-refractivity contribution in [3.63, 3.8) is 0 Å². The molecule has 0 spiro atoms. The molecule has 0 saturated carbocycles. The van der Waals surface area contributed by atoms with Crippen LogP contribution in [0.15, 0.2) is 48.5 Å². The first kappa shape index (κ1) is 18.0. The molecule has 2 aromatic rings. The molecule has 0 aliphatic heterocycles. The molecule has 0 unspecified atom stereocenters. The fourth-order valence-corrected chi connectivity index (χ4v) is 2.59. The first-order valence-electron chi connectivity index (χ1n) is 8.03. The van der Waals surface area contributed by atoms with Crippen molar-refractivity contribution in [2.24, 2.45) is 0 Å². The van der Waals surface area contributed by atoms with E-state index in [4.69, 9.17) is 9.47 Å². The minimum Gasteiger partial charge on any atom is -0.493 e. The molecule has 0 aromatic heterocycles. The van der Waals surface area contributed by atoms with Crippen LogP contribution in [0.1, 0.15) is 29.8 Å². The maximum absolute atomic E-state index is 12.6. The number of ether oxygens (including phenoxy) is 2. The van der Waals surface area contributed by atoms with Crippen LogP contribution < -0.4 is 14.8 Å². The number of carbonyl (C=O) groups is 1. The summed E-state index contributed by atoms with van der Waals surface area (Å²) in [5.74, 6) is 1.53. The van der Waals surface area contributed by atoms with E-state index in [1.165, 1.54) is 0 Å². The second kappa shape index (κ2) is 7.97. The summed E-state index contributed by atoms with van der Waals surface area (Å²) in [7, 11) is 3.25. The lowest BCUT2D eigenvalue weighted by Gasteiger charge is -2.25. The van der Waals surface area contributed by atoms with Gasteiger partial charge in [-0.1, -0.05) is 36.4 Å². The van der Waals surface area contributed by atoms with Gasteiger partial charge in [0.2, 0.25) is 0 Å². The third kappa shape index (κ3) is 4.36. The second-order valence-electron chi connectivity index (χ2n) is 6.19. The molecular weight excluding hydrogens is 302 g/mol. The smallest absolute Gasteiger partial charge is 0.182 e. The minimum atomic E-state index is -0.613. The zero-order valence-electron chi connectivity index (χ0n) is 14.8. The van der Waals surface area contributed by atoms with Gasteiger partial charge in [-0.2, -0.15) is 0 Å². The zero-order chi connectivity index (χ0) is 17.6. The van der Waals surface area contributed by atoms with Crippen molar-refractivity contribution < 1.29 is 14.3 Å². The van der Waals surface area contributed by atoms with Crippen molar-refractivity contribution in [2.45, 2.75) is 25.8 Å². The van der Waals surface area contributed by atoms with E-state index in [1.54, 1.807) is 14.2 Å². The van der Waals surface area contributed by atoms with E-state index in [2.05, 4.69) is 5.32 Å². The van der Waals surface area contributed by atoms with Gasteiger partial charge in [-0.15, -0.1) is 0 Å². The number of hydrogen-bond donors (Lipinski definition) is 1. The highest BCUT2D eigenvalue weighted by atomic mass is 16.5. The standard InChI is InChI=1S/C20H25NO3/c1-20(2,19(22)16-8-6-5-7-9-16)21-13-12-15-10-11-17(23-3)18(14-15)24-4/h5-11,14,21H,12-13H2,1-4H3. The van der Waals surface area contributed by atoms with Crippen molar-refractivity contribution in [3.8, 4) is 11.5 Å². The average molecular weight is 327 g/mol. The van der Waals surface area contributed by atoms with Gasteiger partial charge in [0.1, 0.15) is 0 Å². The number of rotatable bonds is 8. The van der Waals surface area contributed by atoms with Crippen LogP contribution in [0.4, 0.5) is 0 Å². The Morgan fingerprint density at radius 3 is 2.29 bits per heavy atom. The highest BCUT2D eigenvalue weighted by Gasteiger charge is 2.27. The minimum absolute atomic E-state index is 0.0930. The van der Waals surface area contributed by atoms with Crippen molar-refractivity contribution in [1.29, 1.82) is 0 Å². The fraction of sp³-hybridized carbons (Fsp3) is 0.350. The summed E-state index contributed by atoms with van der Waals surface area (Å²) in [5.41, 5.74) is 1.24. The molecular formula is C20H25NO3. The van der Waals surface area contributed by atoms with E-state index in [0.29, 0.717) is 12.3 Å². The van der Waals surface area contributed by atoms with Crippen LogP contribution in [0.25, 0.3) is 0 Å². The predicted molar refractivity (Wildman–Crippen MR) is 96.1 cm³/mol. The maximum atomic E-state index is 12.6. The topological polar surface area (TPSA) is 47.6 Å². The Balaban J connectivity index is 1.96. The van der Waals surface area contributed by atoms with Gasteiger partial charge in [0.05, 0.1) is 19.8 Å². The number of methoxy groups -OCH3 is 2. The van der Waals surface area contributed by atoms with Crippen molar-refractivity contribution >= 4 is 5.78 Å². The summed E-state index contributed by atoms with van der Waals surface area (Å²) in [6.45, 7) is 4.52. The molecule has 1 N–H and O–H groups in total. The summed E-state index contributed by atoms with van der Waals surface area (Å²) in [5, 5.41) is 3.35. The Morgan fingerprint density at radius 1 is 1.00 bits per heavy atom. The number of ketones is 1. The van der Waals surface area contributed by atoms with Crippen LogP contribution in [0, 0.1) is 0 Å². The van der Waals surface area contributed by atoms with Gasteiger partial charge in [-0.25, -0.2) is 0 Å². The molecule has 24 heavy (non-hydrogen) atoms. The van der Waals surface area contributed by atoms with Gasteiger partial charge >= 0.3 is 0 Å². The molecule has 0 saturated heterocycles. The maximum Gasteiger partial charge on any atom is 0.182 e. The first-order valence-corrected chi connectivity index (χ1v) is 8.03. The average Bonchev–Trinajstić information content (AvgIpc) is 2.61. The largest absolute Gasteiger partial charge is 0.493 e. The van der Waals surface area contributed by atoms with Crippen LogP contribution in [-0.2, 0) is 6.42 Å². The van der Waals surface area contributed by atoms with Crippen LogP contribution in [0.5, 0.6) is 11.5 Å². The van der Waals surface area contributed by atoms with Crippen molar-refractivity contribution in [3.05, 3.63) is 59.7 Å². The molecule has 4 heteroatoms. The van der Waals surface area contributed by atoms with Gasteiger partial charge in [-0.05, 0) is 38.0 Å². The van der Waals surface area contributed by atoms with E-state index in [9.17, 15) is 4.79 Å².